The summed E-state index contributed by atoms with van der Waals surface area (Å²) in [6.07, 6.45) is 6.65. The van der Waals surface area contributed by atoms with Crippen LogP contribution >= 0.6 is 0 Å². The number of rotatable bonds is 4. The molecule has 1 amide bonds. The second-order valence-electron chi connectivity index (χ2n) is 10.9. The van der Waals surface area contributed by atoms with Crippen molar-refractivity contribution in [3.8, 4) is 11.5 Å². The maximum Gasteiger partial charge on any atom is 0.254 e. The normalized spacial score (nSPS) is 27.2. The molecule has 4 heterocycles. The first-order valence-electron chi connectivity index (χ1n) is 12.5. The molecule has 3 aromatic heterocycles. The van der Waals surface area contributed by atoms with Gasteiger partial charge in [-0.25, -0.2) is 14.4 Å². The number of benzene rings is 1. The Balaban J connectivity index is 1.23. The Kier molecular flexibility index (Phi) is 3.64. The minimum atomic E-state index is -0.390. The van der Waals surface area contributed by atoms with E-state index in [1.54, 1.807) is 6.07 Å². The van der Waals surface area contributed by atoms with Gasteiger partial charge in [0, 0.05) is 43.3 Å². The lowest BCUT2D eigenvalue weighted by atomic mass is 9.53. The van der Waals surface area contributed by atoms with Crippen molar-refractivity contribution in [2.75, 3.05) is 6.54 Å². The van der Waals surface area contributed by atoms with Crippen LogP contribution in [0.25, 0.3) is 33.6 Å². The Morgan fingerprint density at radius 3 is 2.85 bits per heavy atom. The second-order valence-corrected chi connectivity index (χ2v) is 10.9. The van der Waals surface area contributed by atoms with Crippen molar-refractivity contribution in [1.29, 1.82) is 0 Å². The van der Waals surface area contributed by atoms with Crippen LogP contribution in [0.4, 0.5) is 4.39 Å². The van der Waals surface area contributed by atoms with Crippen molar-refractivity contribution in [2.45, 2.75) is 38.3 Å². The average Bonchev–Trinajstić information content (AvgIpc) is 3.47. The molecule has 4 atom stereocenters. The number of hydrogen-bond donors (Lipinski definition) is 0. The third kappa shape index (κ3) is 2.47. The van der Waals surface area contributed by atoms with Crippen LogP contribution < -0.4 is 0 Å². The van der Waals surface area contributed by atoms with E-state index in [9.17, 15) is 4.79 Å². The third-order valence-electron chi connectivity index (χ3n) is 8.97. The smallest absolute Gasteiger partial charge is 0.254 e. The summed E-state index contributed by atoms with van der Waals surface area (Å²) >= 11 is 0. The van der Waals surface area contributed by atoms with Gasteiger partial charge in [-0.15, -0.1) is 0 Å². The van der Waals surface area contributed by atoms with Crippen molar-refractivity contribution in [1.82, 2.24) is 24.0 Å². The monoisotopic (exact) mass is 455 g/mol. The number of carbonyl (C=O) groups excluding carboxylic acids is 1. The highest BCUT2D eigenvalue weighted by molar-refractivity contribution is 5.98. The van der Waals surface area contributed by atoms with Crippen molar-refractivity contribution in [3.63, 3.8) is 0 Å². The van der Waals surface area contributed by atoms with Crippen LogP contribution in [-0.4, -0.2) is 42.5 Å². The van der Waals surface area contributed by atoms with Crippen molar-refractivity contribution < 1.29 is 9.18 Å². The number of aromatic nitrogens is 4. The van der Waals surface area contributed by atoms with Gasteiger partial charge in [0.1, 0.15) is 17.0 Å². The van der Waals surface area contributed by atoms with Crippen molar-refractivity contribution in [3.05, 3.63) is 47.9 Å². The first kappa shape index (κ1) is 19.1. The van der Waals surface area contributed by atoms with Crippen LogP contribution in [0.15, 0.2) is 36.5 Å². The molecule has 0 radical (unpaired) electrons. The number of amides is 1. The molecule has 1 saturated heterocycles. The molecule has 3 aliphatic carbocycles. The predicted molar refractivity (Wildman–Crippen MR) is 127 cm³/mol. The van der Waals surface area contributed by atoms with Gasteiger partial charge >= 0.3 is 0 Å². The lowest BCUT2D eigenvalue weighted by Crippen LogP contribution is -2.53. The number of aryl methyl sites for hydroxylation is 1. The molecule has 4 aromatic rings. The van der Waals surface area contributed by atoms with E-state index in [0.717, 1.165) is 42.2 Å². The number of pyridine rings is 1. The van der Waals surface area contributed by atoms with Crippen molar-refractivity contribution >= 4 is 28.0 Å². The Bertz CT molecular complexity index is 1510. The predicted octanol–water partition coefficient (Wildman–Crippen LogP) is 4.62. The standard InChI is InChI=1S/C27H26FN5O/c1-31-24-19(28)8-17(27(34)33-13-18-7-16-11-21(33)23(16)18)9-20(24)30-26(31)22-10-15-3-2-6-29-25(15)32(22)12-14-4-5-14/h2-3,6,8-10,14,16,18,21,23H,4-5,7,11-13H2,1H3/t16?,18-,21-,23-/m1/s1. The van der Waals surface area contributed by atoms with Gasteiger partial charge in [-0.2, -0.15) is 0 Å². The topological polar surface area (TPSA) is 56.0 Å². The van der Waals surface area contributed by atoms with Gasteiger partial charge in [-0.1, -0.05) is 0 Å². The van der Waals surface area contributed by atoms with E-state index in [1.807, 2.05) is 28.8 Å². The van der Waals surface area contributed by atoms with Crippen LogP contribution in [0.5, 0.6) is 0 Å². The molecule has 4 fully saturated rings. The number of nitrogens with zero attached hydrogens (tertiary/aromatic N) is 5. The molecule has 0 spiro atoms. The number of hydrogen-bond acceptors (Lipinski definition) is 3. The summed E-state index contributed by atoms with van der Waals surface area (Å²) in [4.78, 5) is 24.9. The largest absolute Gasteiger partial charge is 0.335 e. The summed E-state index contributed by atoms with van der Waals surface area (Å²) in [5.41, 5.74) is 3.27. The van der Waals surface area contributed by atoms with Gasteiger partial charge in [-0.05, 0) is 79.7 Å². The fraction of sp³-hybridized carbons (Fsp3) is 0.444. The fourth-order valence-electron chi connectivity index (χ4n) is 7.03. The molecule has 6 nitrogen and oxygen atoms in total. The highest BCUT2D eigenvalue weighted by Gasteiger charge is 2.61. The molecule has 172 valence electrons. The molecular weight excluding hydrogens is 429 g/mol. The first-order chi connectivity index (χ1) is 16.6. The maximum absolute atomic E-state index is 15.4. The fourth-order valence-corrected chi connectivity index (χ4v) is 7.03. The zero-order chi connectivity index (χ0) is 22.7. The Labute approximate surface area is 196 Å². The molecule has 34 heavy (non-hydrogen) atoms. The molecule has 0 bridgehead atoms. The molecule has 1 aromatic carbocycles. The zero-order valence-electron chi connectivity index (χ0n) is 19.1. The molecule has 0 N–H and O–H groups in total. The van der Waals surface area contributed by atoms with E-state index in [4.69, 9.17) is 4.98 Å². The molecule has 1 aliphatic heterocycles. The highest BCUT2D eigenvalue weighted by atomic mass is 19.1. The van der Waals surface area contributed by atoms with Gasteiger partial charge in [0.05, 0.1) is 11.2 Å². The lowest BCUT2D eigenvalue weighted by molar-refractivity contribution is -0.0204. The summed E-state index contributed by atoms with van der Waals surface area (Å²) in [5, 5.41) is 1.06. The SMILES string of the molecule is Cn1c(-c2cc3cccnc3n2CC2CC2)nc2cc(C(=O)N3C[C@H]4CC5C[C@@H]3[C@H]54)cc(F)c21. The van der Waals surface area contributed by atoms with E-state index in [1.165, 1.54) is 25.3 Å². The minimum absolute atomic E-state index is 0.0436. The van der Waals surface area contributed by atoms with E-state index in [2.05, 4.69) is 21.7 Å². The molecule has 1 unspecified atom stereocenters. The first-order valence-corrected chi connectivity index (χ1v) is 12.5. The number of carbonyl (C=O) groups is 1. The Morgan fingerprint density at radius 2 is 2.06 bits per heavy atom. The zero-order valence-corrected chi connectivity index (χ0v) is 19.1. The minimum Gasteiger partial charge on any atom is -0.335 e. The van der Waals surface area contributed by atoms with Gasteiger partial charge in [0.2, 0.25) is 0 Å². The summed E-state index contributed by atoms with van der Waals surface area (Å²) < 4.78 is 19.5. The van der Waals surface area contributed by atoms with Crippen molar-refractivity contribution in [2.24, 2.45) is 30.7 Å². The number of fused-ring (bicyclic) bond motifs is 2. The number of likely N-dealkylation sites (tertiary alicyclic amines) is 1. The summed E-state index contributed by atoms with van der Waals surface area (Å²) in [6, 6.07) is 9.65. The Hall–Kier alpha value is -3.22. The third-order valence-corrected chi connectivity index (χ3v) is 8.97. The summed E-state index contributed by atoms with van der Waals surface area (Å²) in [5.74, 6) is 3.11. The molecule has 3 saturated carbocycles. The average molecular weight is 456 g/mol. The van der Waals surface area contributed by atoms with Crippen LogP contribution in [-0.2, 0) is 13.6 Å². The molecule has 4 aliphatic rings. The van der Waals surface area contributed by atoms with Gasteiger partial charge in [0.15, 0.2) is 5.82 Å². The van der Waals surface area contributed by atoms with E-state index < -0.39 is 5.82 Å². The quantitative estimate of drug-likeness (QED) is 0.451. The van der Waals surface area contributed by atoms with Gasteiger partial charge in [-0.3, -0.25) is 4.79 Å². The lowest BCUT2D eigenvalue weighted by Gasteiger charge is -2.52. The number of imidazole rings is 1. The van der Waals surface area contributed by atoms with Crippen LogP contribution in [0.1, 0.15) is 36.0 Å². The van der Waals surface area contributed by atoms with Crippen LogP contribution in [0.2, 0.25) is 0 Å². The van der Waals surface area contributed by atoms with Gasteiger partial charge < -0.3 is 14.0 Å². The van der Waals surface area contributed by atoms with Crippen LogP contribution in [0.3, 0.4) is 0 Å². The van der Waals surface area contributed by atoms with Crippen LogP contribution in [0, 0.1) is 29.5 Å². The molecule has 8 rings (SSSR count). The van der Waals surface area contributed by atoms with E-state index in [-0.39, 0.29) is 5.91 Å². The van der Waals surface area contributed by atoms with Gasteiger partial charge in [0.25, 0.3) is 5.91 Å². The second kappa shape index (κ2) is 6.46. The highest BCUT2D eigenvalue weighted by Crippen LogP contribution is 2.60. The number of halogens is 1. The summed E-state index contributed by atoms with van der Waals surface area (Å²) in [6.45, 7) is 1.72. The van der Waals surface area contributed by atoms with E-state index in [0.29, 0.717) is 46.2 Å². The summed E-state index contributed by atoms with van der Waals surface area (Å²) in [7, 11) is 1.86. The molecular formula is C27H26FN5O. The maximum atomic E-state index is 15.4. The van der Waals surface area contributed by atoms with E-state index >= 15 is 4.39 Å². The Morgan fingerprint density at radius 1 is 1.18 bits per heavy atom. The molecule has 7 heteroatoms.